The predicted octanol–water partition coefficient (Wildman–Crippen LogP) is 1.41. The highest BCUT2D eigenvalue weighted by molar-refractivity contribution is 7.99. The van der Waals surface area contributed by atoms with E-state index in [9.17, 15) is 4.79 Å². The molecule has 82 valence electrons. The van der Waals surface area contributed by atoms with Gasteiger partial charge in [-0.05, 0) is 30.9 Å². The number of thioether (sulfide) groups is 1. The van der Waals surface area contributed by atoms with Crippen molar-refractivity contribution in [3.8, 4) is 0 Å². The van der Waals surface area contributed by atoms with Gasteiger partial charge in [0.1, 0.15) is 0 Å². The van der Waals surface area contributed by atoms with E-state index in [4.69, 9.17) is 5.73 Å². The maximum Gasteiger partial charge on any atom is 0.306 e. The predicted molar refractivity (Wildman–Crippen MR) is 59.3 cm³/mol. The van der Waals surface area contributed by atoms with Crippen LogP contribution in [-0.2, 0) is 9.53 Å². The van der Waals surface area contributed by atoms with Crippen LogP contribution in [0.1, 0.15) is 26.2 Å². The largest absolute Gasteiger partial charge is 0.469 e. The van der Waals surface area contributed by atoms with Crippen LogP contribution in [0.15, 0.2) is 0 Å². The number of carbonyl (C=O) groups excluding carboxylic acids is 1. The molecule has 0 aromatic heterocycles. The number of hydrogen-bond acceptors (Lipinski definition) is 4. The molecule has 0 bridgehead atoms. The molecule has 0 heterocycles. The molecule has 0 amide bonds. The SMILES string of the molecule is COC(=O)CC1(CSC[C@H](C)N)CC1. The molecule has 0 aromatic rings. The zero-order valence-electron chi connectivity index (χ0n) is 8.91. The number of ether oxygens (including phenoxy) is 1. The summed E-state index contributed by atoms with van der Waals surface area (Å²) in [4.78, 5) is 11.1. The van der Waals surface area contributed by atoms with E-state index in [1.807, 2.05) is 18.7 Å². The first-order valence-electron chi connectivity index (χ1n) is 4.98. The maximum absolute atomic E-state index is 11.1. The highest BCUT2D eigenvalue weighted by atomic mass is 32.2. The number of methoxy groups -OCH3 is 1. The van der Waals surface area contributed by atoms with Gasteiger partial charge in [0.2, 0.25) is 0 Å². The summed E-state index contributed by atoms with van der Waals surface area (Å²) in [5.41, 5.74) is 5.90. The normalized spacial score (nSPS) is 20.2. The van der Waals surface area contributed by atoms with Crippen molar-refractivity contribution in [2.75, 3.05) is 18.6 Å². The summed E-state index contributed by atoms with van der Waals surface area (Å²) in [6, 6.07) is 0.244. The van der Waals surface area contributed by atoms with Crippen molar-refractivity contribution >= 4 is 17.7 Å². The van der Waals surface area contributed by atoms with Gasteiger partial charge in [-0.1, -0.05) is 0 Å². The Kier molecular flexibility index (Phi) is 4.26. The summed E-state index contributed by atoms with van der Waals surface area (Å²) in [5.74, 6) is 1.94. The highest BCUT2D eigenvalue weighted by Crippen LogP contribution is 2.51. The molecular weight excluding hydrogens is 198 g/mol. The van der Waals surface area contributed by atoms with Gasteiger partial charge < -0.3 is 10.5 Å². The van der Waals surface area contributed by atoms with Gasteiger partial charge in [-0.3, -0.25) is 4.79 Å². The Morgan fingerprint density at radius 3 is 2.71 bits per heavy atom. The van der Waals surface area contributed by atoms with Crippen LogP contribution in [0.4, 0.5) is 0 Å². The first-order valence-corrected chi connectivity index (χ1v) is 6.14. The quantitative estimate of drug-likeness (QED) is 0.683. The molecule has 0 saturated heterocycles. The number of esters is 1. The minimum atomic E-state index is -0.0797. The molecule has 1 aliphatic rings. The smallest absolute Gasteiger partial charge is 0.306 e. The standard InChI is InChI=1S/C10H19NO2S/c1-8(11)6-14-7-10(3-4-10)5-9(12)13-2/h8H,3-7,11H2,1-2H3/t8-/m0/s1. The van der Waals surface area contributed by atoms with Crippen molar-refractivity contribution < 1.29 is 9.53 Å². The topological polar surface area (TPSA) is 52.3 Å². The molecule has 1 atom stereocenters. The van der Waals surface area contributed by atoms with Crippen molar-refractivity contribution in [2.45, 2.75) is 32.2 Å². The minimum absolute atomic E-state index is 0.0797. The monoisotopic (exact) mass is 217 g/mol. The van der Waals surface area contributed by atoms with Crippen LogP contribution in [0.2, 0.25) is 0 Å². The second kappa shape index (κ2) is 5.03. The lowest BCUT2D eigenvalue weighted by Gasteiger charge is -2.13. The number of nitrogens with two attached hydrogens (primary N) is 1. The van der Waals surface area contributed by atoms with Gasteiger partial charge in [0, 0.05) is 11.8 Å². The molecule has 0 aliphatic heterocycles. The molecule has 3 nitrogen and oxygen atoms in total. The fourth-order valence-electron chi connectivity index (χ4n) is 1.39. The maximum atomic E-state index is 11.1. The lowest BCUT2D eigenvalue weighted by molar-refractivity contribution is -0.141. The zero-order valence-corrected chi connectivity index (χ0v) is 9.73. The third-order valence-electron chi connectivity index (χ3n) is 2.49. The van der Waals surface area contributed by atoms with Crippen LogP contribution in [-0.4, -0.2) is 30.6 Å². The Morgan fingerprint density at radius 2 is 2.29 bits per heavy atom. The molecule has 1 aliphatic carbocycles. The molecule has 4 heteroatoms. The fraction of sp³-hybridized carbons (Fsp3) is 0.900. The minimum Gasteiger partial charge on any atom is -0.469 e. The van der Waals surface area contributed by atoms with Crippen molar-refractivity contribution in [2.24, 2.45) is 11.1 Å². The summed E-state index contributed by atoms with van der Waals surface area (Å²) in [5, 5.41) is 0. The lowest BCUT2D eigenvalue weighted by Crippen LogP contribution is -2.20. The Hall–Kier alpha value is -0.220. The molecule has 1 saturated carbocycles. The Bertz CT molecular complexity index is 202. The molecular formula is C10H19NO2S. The third-order valence-corrected chi connectivity index (χ3v) is 4.07. The van der Waals surface area contributed by atoms with Gasteiger partial charge in [0.05, 0.1) is 13.5 Å². The molecule has 2 N–H and O–H groups in total. The van der Waals surface area contributed by atoms with Crippen molar-refractivity contribution in [1.29, 1.82) is 0 Å². The second-order valence-electron chi connectivity index (χ2n) is 4.25. The van der Waals surface area contributed by atoms with Gasteiger partial charge in [-0.2, -0.15) is 11.8 Å². The molecule has 1 rings (SSSR count). The lowest BCUT2D eigenvalue weighted by atomic mass is 10.1. The summed E-state index contributed by atoms with van der Waals surface area (Å²) >= 11 is 1.85. The number of rotatable bonds is 6. The summed E-state index contributed by atoms with van der Waals surface area (Å²) in [6.07, 6.45) is 2.90. The summed E-state index contributed by atoms with van der Waals surface area (Å²) in [6.45, 7) is 2.01. The zero-order chi connectivity index (χ0) is 10.6. The van der Waals surface area contributed by atoms with E-state index < -0.39 is 0 Å². The van der Waals surface area contributed by atoms with Crippen LogP contribution in [0.5, 0.6) is 0 Å². The number of carbonyl (C=O) groups is 1. The molecule has 0 radical (unpaired) electrons. The molecule has 1 fully saturated rings. The van der Waals surface area contributed by atoms with Gasteiger partial charge in [0.15, 0.2) is 0 Å². The number of hydrogen-bond donors (Lipinski definition) is 1. The second-order valence-corrected chi connectivity index (χ2v) is 5.28. The Morgan fingerprint density at radius 1 is 1.64 bits per heavy atom. The molecule has 0 aromatic carbocycles. The summed E-state index contributed by atoms with van der Waals surface area (Å²) < 4.78 is 4.68. The van der Waals surface area contributed by atoms with Gasteiger partial charge in [-0.25, -0.2) is 0 Å². The van der Waals surface area contributed by atoms with E-state index in [0.29, 0.717) is 6.42 Å². The van der Waals surface area contributed by atoms with Crippen LogP contribution in [0.25, 0.3) is 0 Å². The van der Waals surface area contributed by atoms with E-state index in [1.54, 1.807) is 0 Å². The fourth-order valence-corrected chi connectivity index (χ4v) is 2.70. The molecule has 0 spiro atoms. The third kappa shape index (κ3) is 3.88. The van der Waals surface area contributed by atoms with Crippen molar-refractivity contribution in [1.82, 2.24) is 0 Å². The highest BCUT2D eigenvalue weighted by Gasteiger charge is 2.44. The van der Waals surface area contributed by atoms with Gasteiger partial charge in [-0.15, -0.1) is 0 Å². The van der Waals surface area contributed by atoms with Crippen LogP contribution < -0.4 is 5.73 Å². The molecule has 0 unspecified atom stereocenters. The molecule has 14 heavy (non-hydrogen) atoms. The average molecular weight is 217 g/mol. The van der Waals surface area contributed by atoms with Gasteiger partial charge in [0.25, 0.3) is 0 Å². The van der Waals surface area contributed by atoms with Crippen molar-refractivity contribution in [3.63, 3.8) is 0 Å². The van der Waals surface area contributed by atoms with Crippen LogP contribution >= 0.6 is 11.8 Å². The van der Waals surface area contributed by atoms with E-state index in [1.165, 1.54) is 7.11 Å². The van der Waals surface area contributed by atoms with E-state index in [2.05, 4.69) is 4.74 Å². The first kappa shape index (κ1) is 11.9. The Balaban J connectivity index is 2.19. The Labute approximate surface area is 89.8 Å². The van der Waals surface area contributed by atoms with Crippen molar-refractivity contribution in [3.05, 3.63) is 0 Å². The van der Waals surface area contributed by atoms with Crippen LogP contribution in [0.3, 0.4) is 0 Å². The van der Waals surface area contributed by atoms with Gasteiger partial charge >= 0.3 is 5.97 Å². The first-order chi connectivity index (χ1) is 6.58. The van der Waals surface area contributed by atoms with E-state index in [0.717, 1.165) is 24.3 Å². The van der Waals surface area contributed by atoms with E-state index in [-0.39, 0.29) is 17.4 Å². The van der Waals surface area contributed by atoms with E-state index >= 15 is 0 Å². The average Bonchev–Trinajstić information content (AvgIpc) is 2.84. The van der Waals surface area contributed by atoms with Crippen LogP contribution in [0, 0.1) is 5.41 Å². The summed E-state index contributed by atoms with van der Waals surface area (Å²) in [7, 11) is 1.45.